The predicted octanol–water partition coefficient (Wildman–Crippen LogP) is 2.41. The molecule has 3 rings (SSSR count). The van der Waals surface area contributed by atoms with Crippen LogP contribution in [0.15, 0.2) is 35.5 Å². The van der Waals surface area contributed by atoms with E-state index >= 15 is 0 Å². The first kappa shape index (κ1) is 15.5. The average molecular weight is 316 g/mol. The molecule has 0 bridgehead atoms. The number of oxime groups is 1. The Morgan fingerprint density at radius 2 is 1.87 bits per heavy atom. The zero-order valence-corrected chi connectivity index (χ0v) is 12.8. The lowest BCUT2D eigenvalue weighted by Crippen LogP contribution is -2.57. The van der Waals surface area contributed by atoms with Gasteiger partial charge < -0.3 is 15.3 Å². The molecule has 1 amide bonds. The molecule has 1 saturated carbocycles. The van der Waals surface area contributed by atoms with Crippen molar-refractivity contribution in [3.63, 3.8) is 0 Å². The second-order valence-corrected chi connectivity index (χ2v) is 6.15. The van der Waals surface area contributed by atoms with Gasteiger partial charge in [0.15, 0.2) is 6.10 Å². The van der Waals surface area contributed by atoms with Gasteiger partial charge in [-0.2, -0.15) is 0 Å². The quantitative estimate of drug-likeness (QED) is 0.893. The normalized spacial score (nSPS) is 22.8. The Balaban J connectivity index is 1.66. The Morgan fingerprint density at radius 3 is 2.52 bits per heavy atom. The highest BCUT2D eigenvalue weighted by Crippen LogP contribution is 2.30. The minimum absolute atomic E-state index is 0.255. The van der Waals surface area contributed by atoms with E-state index in [1.165, 1.54) is 0 Å². The standard InChI is InChI=1S/C17H20N2O4/c20-15(18-17(16(21)22)9-5-2-6-10-17)13-11-14(23-19-13)12-7-3-1-4-8-12/h1,3-4,7-8,14H,2,5-6,9-11H2,(H,18,20)(H,21,22). The first-order valence-electron chi connectivity index (χ1n) is 7.94. The van der Waals surface area contributed by atoms with Crippen LogP contribution in [0.1, 0.15) is 50.2 Å². The molecule has 1 atom stereocenters. The molecule has 2 aliphatic rings. The van der Waals surface area contributed by atoms with Crippen molar-refractivity contribution in [1.29, 1.82) is 0 Å². The molecule has 1 aliphatic carbocycles. The second-order valence-electron chi connectivity index (χ2n) is 6.15. The van der Waals surface area contributed by atoms with E-state index < -0.39 is 17.4 Å². The highest BCUT2D eigenvalue weighted by Gasteiger charge is 2.42. The molecule has 2 N–H and O–H groups in total. The molecule has 23 heavy (non-hydrogen) atoms. The van der Waals surface area contributed by atoms with E-state index in [2.05, 4.69) is 10.5 Å². The number of hydrogen-bond donors (Lipinski definition) is 2. The van der Waals surface area contributed by atoms with Gasteiger partial charge in [0.05, 0.1) is 0 Å². The van der Waals surface area contributed by atoms with Crippen molar-refractivity contribution in [2.45, 2.75) is 50.2 Å². The topological polar surface area (TPSA) is 88.0 Å². The maximum Gasteiger partial charge on any atom is 0.329 e. The molecule has 6 heteroatoms. The predicted molar refractivity (Wildman–Crippen MR) is 83.9 cm³/mol. The number of hydrogen-bond acceptors (Lipinski definition) is 4. The number of carboxylic acids is 1. The molecule has 122 valence electrons. The lowest BCUT2D eigenvalue weighted by molar-refractivity contribution is -0.148. The molecule has 1 aromatic rings. The molecule has 0 radical (unpaired) electrons. The van der Waals surface area contributed by atoms with E-state index in [4.69, 9.17) is 4.84 Å². The second kappa shape index (κ2) is 6.40. The molecule has 1 aromatic carbocycles. The summed E-state index contributed by atoms with van der Waals surface area (Å²) in [7, 11) is 0. The van der Waals surface area contributed by atoms with Gasteiger partial charge >= 0.3 is 5.97 Å². The summed E-state index contributed by atoms with van der Waals surface area (Å²) in [5.41, 5.74) is 0.0394. The van der Waals surface area contributed by atoms with Crippen LogP contribution in [0.2, 0.25) is 0 Å². The third-order valence-electron chi connectivity index (χ3n) is 4.57. The molecule has 0 aromatic heterocycles. The Kier molecular flexibility index (Phi) is 4.32. The van der Waals surface area contributed by atoms with E-state index in [9.17, 15) is 14.7 Å². The molecule has 1 aliphatic heterocycles. The number of benzene rings is 1. The number of carboxylic acid groups (broad SMARTS) is 1. The van der Waals surface area contributed by atoms with Crippen molar-refractivity contribution >= 4 is 17.6 Å². The van der Waals surface area contributed by atoms with Gasteiger partial charge in [-0.3, -0.25) is 4.79 Å². The van der Waals surface area contributed by atoms with Crippen LogP contribution >= 0.6 is 0 Å². The van der Waals surface area contributed by atoms with Crippen molar-refractivity contribution in [2.24, 2.45) is 5.16 Å². The van der Waals surface area contributed by atoms with Crippen molar-refractivity contribution in [2.75, 3.05) is 0 Å². The number of nitrogens with one attached hydrogen (secondary N) is 1. The lowest BCUT2D eigenvalue weighted by Gasteiger charge is -2.33. The highest BCUT2D eigenvalue weighted by atomic mass is 16.6. The van der Waals surface area contributed by atoms with Crippen LogP contribution in [0.25, 0.3) is 0 Å². The van der Waals surface area contributed by atoms with Crippen molar-refractivity contribution in [1.82, 2.24) is 5.32 Å². The minimum atomic E-state index is -1.16. The monoisotopic (exact) mass is 316 g/mol. The number of aliphatic carboxylic acids is 1. The van der Waals surface area contributed by atoms with E-state index in [-0.39, 0.29) is 11.8 Å². The van der Waals surface area contributed by atoms with Crippen LogP contribution in [-0.4, -0.2) is 28.2 Å². The van der Waals surface area contributed by atoms with Gasteiger partial charge in [0, 0.05) is 6.42 Å². The van der Waals surface area contributed by atoms with Gasteiger partial charge in [-0.15, -0.1) is 0 Å². The summed E-state index contributed by atoms with van der Waals surface area (Å²) >= 11 is 0. The number of carbonyl (C=O) groups is 2. The van der Waals surface area contributed by atoms with E-state index in [0.29, 0.717) is 19.3 Å². The third kappa shape index (κ3) is 3.21. The molecular formula is C17H20N2O4. The average Bonchev–Trinajstić information content (AvgIpc) is 3.06. The summed E-state index contributed by atoms with van der Waals surface area (Å²) in [5.74, 6) is -1.41. The molecule has 0 saturated heterocycles. The van der Waals surface area contributed by atoms with Gasteiger partial charge in [0.2, 0.25) is 0 Å². The number of carbonyl (C=O) groups excluding carboxylic acids is 1. The van der Waals surface area contributed by atoms with E-state index in [1.807, 2.05) is 30.3 Å². The summed E-state index contributed by atoms with van der Waals surface area (Å²) < 4.78 is 0. The van der Waals surface area contributed by atoms with E-state index in [0.717, 1.165) is 24.8 Å². The van der Waals surface area contributed by atoms with Gasteiger partial charge in [-0.05, 0) is 18.4 Å². The summed E-state index contributed by atoms with van der Waals surface area (Å²) in [6.07, 6.45) is 3.61. The highest BCUT2D eigenvalue weighted by molar-refractivity contribution is 6.39. The number of nitrogens with zero attached hydrogens (tertiary/aromatic N) is 1. The Morgan fingerprint density at radius 1 is 1.17 bits per heavy atom. The summed E-state index contributed by atoms with van der Waals surface area (Å²) in [5, 5.41) is 16.1. The summed E-state index contributed by atoms with van der Waals surface area (Å²) in [6, 6.07) is 9.55. The maximum absolute atomic E-state index is 12.4. The Labute approximate surface area is 134 Å². The molecule has 1 heterocycles. The van der Waals surface area contributed by atoms with Crippen LogP contribution < -0.4 is 5.32 Å². The van der Waals surface area contributed by atoms with Crippen LogP contribution in [-0.2, 0) is 14.4 Å². The van der Waals surface area contributed by atoms with Crippen LogP contribution in [0.4, 0.5) is 0 Å². The van der Waals surface area contributed by atoms with Crippen LogP contribution in [0, 0.1) is 0 Å². The van der Waals surface area contributed by atoms with Gasteiger partial charge in [0.1, 0.15) is 11.3 Å². The van der Waals surface area contributed by atoms with Gasteiger partial charge in [-0.25, -0.2) is 4.79 Å². The zero-order valence-electron chi connectivity index (χ0n) is 12.8. The first-order chi connectivity index (χ1) is 11.1. The maximum atomic E-state index is 12.4. The molecular weight excluding hydrogens is 296 g/mol. The van der Waals surface area contributed by atoms with Crippen molar-refractivity contribution in [3.8, 4) is 0 Å². The van der Waals surface area contributed by atoms with Crippen molar-refractivity contribution < 1.29 is 19.5 Å². The smallest absolute Gasteiger partial charge is 0.329 e. The van der Waals surface area contributed by atoms with E-state index in [1.54, 1.807) is 0 Å². The summed E-state index contributed by atoms with van der Waals surface area (Å²) in [4.78, 5) is 29.4. The molecule has 0 spiro atoms. The fourth-order valence-electron chi connectivity index (χ4n) is 3.20. The zero-order chi connectivity index (χ0) is 16.3. The third-order valence-corrected chi connectivity index (χ3v) is 4.57. The van der Waals surface area contributed by atoms with Crippen LogP contribution in [0.5, 0.6) is 0 Å². The van der Waals surface area contributed by atoms with Crippen molar-refractivity contribution in [3.05, 3.63) is 35.9 Å². The lowest BCUT2D eigenvalue weighted by atomic mass is 9.81. The Hall–Kier alpha value is -2.37. The number of amides is 1. The Bertz CT molecular complexity index is 621. The largest absolute Gasteiger partial charge is 0.480 e. The first-order valence-corrected chi connectivity index (χ1v) is 7.94. The summed E-state index contributed by atoms with van der Waals surface area (Å²) in [6.45, 7) is 0. The molecule has 1 unspecified atom stereocenters. The SMILES string of the molecule is O=C(NC1(C(=O)O)CCCCC1)C1=NOC(c2ccccc2)C1. The van der Waals surface area contributed by atoms with Crippen LogP contribution in [0.3, 0.4) is 0 Å². The fraction of sp³-hybridized carbons (Fsp3) is 0.471. The minimum Gasteiger partial charge on any atom is -0.480 e. The fourth-order valence-corrected chi connectivity index (χ4v) is 3.20. The van der Waals surface area contributed by atoms with Gasteiger partial charge in [0.25, 0.3) is 5.91 Å². The number of rotatable bonds is 4. The molecule has 1 fully saturated rings. The molecule has 6 nitrogen and oxygen atoms in total. The van der Waals surface area contributed by atoms with Gasteiger partial charge in [-0.1, -0.05) is 54.8 Å².